The molecule has 0 aromatic heterocycles. The van der Waals surface area contributed by atoms with Crippen LogP contribution in [0.25, 0.3) is 5.76 Å². The third-order valence-electron chi connectivity index (χ3n) is 3.45. The topological polar surface area (TPSA) is 12.5 Å². The van der Waals surface area contributed by atoms with Gasteiger partial charge in [0.05, 0.1) is 0 Å². The first-order valence-corrected chi connectivity index (χ1v) is 7.14. The second kappa shape index (κ2) is 4.89. The van der Waals surface area contributed by atoms with Gasteiger partial charge in [0.2, 0.25) is 0 Å². The molecule has 0 radical (unpaired) electrons. The van der Waals surface area contributed by atoms with Crippen molar-refractivity contribution in [3.05, 3.63) is 58.6 Å². The van der Waals surface area contributed by atoms with Crippen LogP contribution in [-0.2, 0) is 4.74 Å². The van der Waals surface area contributed by atoms with Gasteiger partial charge in [0.15, 0.2) is 0 Å². The van der Waals surface area contributed by atoms with E-state index in [9.17, 15) is 0 Å². The van der Waals surface area contributed by atoms with Crippen molar-refractivity contribution >= 4 is 27.4 Å². The summed E-state index contributed by atoms with van der Waals surface area (Å²) in [7, 11) is 4.09. The minimum Gasteiger partial charge on any atom is -0.485 e. The zero-order valence-corrected chi connectivity index (χ0v) is 12.6. The fraction of sp³-hybridized carbons (Fsp3) is 0.250. The summed E-state index contributed by atoms with van der Waals surface area (Å²) < 4.78 is 7.12. The Morgan fingerprint density at radius 1 is 1.11 bits per heavy atom. The molecule has 2 unspecified atom stereocenters. The van der Waals surface area contributed by atoms with Crippen molar-refractivity contribution in [2.24, 2.45) is 5.92 Å². The van der Waals surface area contributed by atoms with E-state index in [1.165, 1.54) is 5.69 Å². The number of benzene rings is 1. The molecular formula is C16H16BrNO. The van der Waals surface area contributed by atoms with Crippen LogP contribution in [0, 0.1) is 5.92 Å². The van der Waals surface area contributed by atoms with Crippen molar-refractivity contribution in [1.82, 2.24) is 0 Å². The molecule has 2 aliphatic rings. The molecular weight excluding hydrogens is 302 g/mol. The maximum atomic E-state index is 6.00. The number of anilines is 1. The Kier molecular flexibility index (Phi) is 3.23. The van der Waals surface area contributed by atoms with E-state index in [2.05, 4.69) is 63.3 Å². The fourth-order valence-corrected chi connectivity index (χ4v) is 2.82. The quantitative estimate of drug-likeness (QED) is 0.818. The second-order valence-corrected chi connectivity index (χ2v) is 5.96. The Labute approximate surface area is 122 Å². The molecule has 0 saturated carbocycles. The van der Waals surface area contributed by atoms with Crippen molar-refractivity contribution in [2.45, 2.75) is 6.10 Å². The monoisotopic (exact) mass is 317 g/mol. The largest absolute Gasteiger partial charge is 0.485 e. The number of fused-ring (bicyclic) bond motifs is 1. The van der Waals surface area contributed by atoms with Crippen LogP contribution in [0.3, 0.4) is 0 Å². The van der Waals surface area contributed by atoms with Gasteiger partial charge in [-0.1, -0.05) is 22.0 Å². The highest BCUT2D eigenvalue weighted by molar-refractivity contribution is 9.11. The molecule has 1 aromatic rings. The van der Waals surface area contributed by atoms with Crippen LogP contribution >= 0.6 is 15.9 Å². The predicted molar refractivity (Wildman–Crippen MR) is 83.3 cm³/mol. The Bertz CT molecular complexity index is 569. The molecule has 2 nitrogen and oxygen atoms in total. The van der Waals surface area contributed by atoms with Crippen molar-refractivity contribution in [1.29, 1.82) is 0 Å². The first kappa shape index (κ1) is 12.5. The summed E-state index contributed by atoms with van der Waals surface area (Å²) >= 11 is 3.51. The van der Waals surface area contributed by atoms with E-state index in [1.807, 2.05) is 20.2 Å². The van der Waals surface area contributed by atoms with E-state index in [1.54, 1.807) is 0 Å². The van der Waals surface area contributed by atoms with Crippen molar-refractivity contribution in [2.75, 3.05) is 19.0 Å². The van der Waals surface area contributed by atoms with Crippen molar-refractivity contribution < 1.29 is 4.74 Å². The van der Waals surface area contributed by atoms with Crippen LogP contribution in [0.2, 0.25) is 0 Å². The minimum atomic E-state index is 0.143. The molecule has 98 valence electrons. The lowest BCUT2D eigenvalue weighted by molar-refractivity contribution is 0.213. The van der Waals surface area contributed by atoms with E-state index in [0.717, 1.165) is 15.8 Å². The average Bonchev–Trinajstić information content (AvgIpc) is 2.81. The van der Waals surface area contributed by atoms with Crippen LogP contribution in [0.1, 0.15) is 5.56 Å². The van der Waals surface area contributed by atoms with Crippen LogP contribution in [0.5, 0.6) is 0 Å². The molecule has 19 heavy (non-hydrogen) atoms. The molecule has 0 spiro atoms. The normalized spacial score (nSPS) is 24.4. The SMILES string of the molecule is CN(C)c1ccc(C2=CC3C=C(Br)C=CC3O2)cc1. The zero-order valence-electron chi connectivity index (χ0n) is 11.0. The molecule has 0 N–H and O–H groups in total. The summed E-state index contributed by atoms with van der Waals surface area (Å²) in [5, 5.41) is 0. The van der Waals surface area contributed by atoms with E-state index in [-0.39, 0.29) is 6.10 Å². The van der Waals surface area contributed by atoms with Gasteiger partial charge in [0, 0.05) is 35.7 Å². The van der Waals surface area contributed by atoms with Crippen LogP contribution in [0.4, 0.5) is 5.69 Å². The first-order valence-electron chi connectivity index (χ1n) is 6.35. The van der Waals surface area contributed by atoms with Gasteiger partial charge >= 0.3 is 0 Å². The van der Waals surface area contributed by atoms with Crippen molar-refractivity contribution in [3.8, 4) is 0 Å². The molecule has 3 rings (SSSR count). The molecule has 1 aromatic carbocycles. The van der Waals surface area contributed by atoms with E-state index in [4.69, 9.17) is 4.74 Å². The Morgan fingerprint density at radius 3 is 2.53 bits per heavy atom. The lowest BCUT2D eigenvalue weighted by atomic mass is 9.98. The number of allylic oxidation sites excluding steroid dienone is 2. The van der Waals surface area contributed by atoms with E-state index in [0.29, 0.717) is 5.92 Å². The highest BCUT2D eigenvalue weighted by Crippen LogP contribution is 2.36. The standard InChI is InChI=1S/C16H16BrNO/c1-18(2)14-6-3-11(4-7-14)16-10-12-9-13(17)5-8-15(12)19-16/h3-10,12,15H,1-2H3. The molecule has 1 heterocycles. The third-order valence-corrected chi connectivity index (χ3v) is 3.98. The number of nitrogens with zero attached hydrogens (tertiary/aromatic N) is 1. The predicted octanol–water partition coefficient (Wildman–Crippen LogP) is 3.96. The molecule has 0 saturated heterocycles. The van der Waals surface area contributed by atoms with E-state index >= 15 is 0 Å². The lowest BCUT2D eigenvalue weighted by Crippen LogP contribution is -2.14. The zero-order chi connectivity index (χ0) is 13.4. The number of hydrogen-bond donors (Lipinski definition) is 0. The molecule has 0 fully saturated rings. The fourth-order valence-electron chi connectivity index (χ4n) is 2.36. The summed E-state index contributed by atoms with van der Waals surface area (Å²) in [6, 6.07) is 8.45. The van der Waals surface area contributed by atoms with Crippen LogP contribution in [0.15, 0.2) is 53.1 Å². The minimum absolute atomic E-state index is 0.143. The van der Waals surface area contributed by atoms with Gasteiger partial charge in [-0.25, -0.2) is 0 Å². The molecule has 0 bridgehead atoms. The smallest absolute Gasteiger partial charge is 0.127 e. The van der Waals surface area contributed by atoms with Crippen molar-refractivity contribution in [3.63, 3.8) is 0 Å². The Hall–Kier alpha value is -1.48. The number of hydrogen-bond acceptors (Lipinski definition) is 2. The molecule has 0 amide bonds. The van der Waals surface area contributed by atoms with Gasteiger partial charge < -0.3 is 9.64 Å². The summed E-state index contributed by atoms with van der Waals surface area (Å²) in [6.07, 6.45) is 8.68. The van der Waals surface area contributed by atoms with Crippen LogP contribution < -0.4 is 4.90 Å². The first-order chi connectivity index (χ1) is 9.13. The van der Waals surface area contributed by atoms with Gasteiger partial charge in [-0.15, -0.1) is 0 Å². The molecule has 1 aliphatic heterocycles. The maximum Gasteiger partial charge on any atom is 0.127 e. The molecule has 1 aliphatic carbocycles. The van der Waals surface area contributed by atoms with Crippen LogP contribution in [-0.4, -0.2) is 20.2 Å². The summed E-state index contributed by atoms with van der Waals surface area (Å²) in [5.41, 5.74) is 2.33. The Morgan fingerprint density at radius 2 is 1.84 bits per heavy atom. The van der Waals surface area contributed by atoms with Gasteiger partial charge in [-0.3, -0.25) is 0 Å². The summed E-state index contributed by atoms with van der Waals surface area (Å²) in [4.78, 5) is 2.09. The number of ether oxygens (including phenoxy) is 1. The van der Waals surface area contributed by atoms with Gasteiger partial charge in [0.25, 0.3) is 0 Å². The summed E-state index contributed by atoms with van der Waals surface area (Å²) in [5.74, 6) is 1.31. The van der Waals surface area contributed by atoms with Gasteiger partial charge in [-0.05, 0) is 42.5 Å². The number of halogens is 1. The average molecular weight is 318 g/mol. The highest BCUT2D eigenvalue weighted by atomic mass is 79.9. The second-order valence-electron chi connectivity index (χ2n) is 5.04. The summed E-state index contributed by atoms with van der Waals surface area (Å²) in [6.45, 7) is 0. The number of rotatable bonds is 2. The maximum absolute atomic E-state index is 6.00. The van der Waals surface area contributed by atoms with E-state index < -0.39 is 0 Å². The molecule has 2 atom stereocenters. The lowest BCUT2D eigenvalue weighted by Gasteiger charge is -2.17. The van der Waals surface area contributed by atoms with Gasteiger partial charge in [-0.2, -0.15) is 0 Å². The molecule has 3 heteroatoms. The van der Waals surface area contributed by atoms with Gasteiger partial charge in [0.1, 0.15) is 11.9 Å². The highest BCUT2D eigenvalue weighted by Gasteiger charge is 2.28. The third kappa shape index (κ3) is 2.47. The Balaban J connectivity index is 1.84.